The van der Waals surface area contributed by atoms with E-state index in [1.54, 1.807) is 6.33 Å². The van der Waals surface area contributed by atoms with Crippen molar-refractivity contribution in [2.24, 2.45) is 0 Å². The zero-order valence-electron chi connectivity index (χ0n) is 15.4. The fourth-order valence-corrected chi connectivity index (χ4v) is 3.37. The molecule has 4 rings (SSSR count). The molecule has 1 aliphatic rings. The predicted molar refractivity (Wildman–Crippen MR) is 108 cm³/mol. The Balaban J connectivity index is 1.76. The molecule has 0 atom stereocenters. The first-order chi connectivity index (χ1) is 13.2. The quantitative estimate of drug-likeness (QED) is 0.755. The van der Waals surface area contributed by atoms with Gasteiger partial charge in [0.1, 0.15) is 12.0 Å². The van der Waals surface area contributed by atoms with Crippen molar-refractivity contribution in [3.05, 3.63) is 72.1 Å². The minimum atomic E-state index is -0.151. The lowest BCUT2D eigenvalue weighted by atomic mass is 10.1. The number of aromatic nitrogens is 2. The van der Waals surface area contributed by atoms with E-state index in [4.69, 9.17) is 0 Å². The molecule has 0 aliphatic carbocycles. The van der Waals surface area contributed by atoms with Crippen molar-refractivity contribution < 1.29 is 4.79 Å². The topological polar surface area (TPSA) is 58.1 Å². The maximum atomic E-state index is 12.9. The summed E-state index contributed by atoms with van der Waals surface area (Å²) in [4.78, 5) is 24.1. The first-order valence-electron chi connectivity index (χ1n) is 9.26. The molecule has 5 heteroatoms. The van der Waals surface area contributed by atoms with Gasteiger partial charge in [-0.15, -0.1) is 0 Å². The molecule has 1 fully saturated rings. The maximum Gasteiger partial charge on any atom is 0.255 e. The van der Waals surface area contributed by atoms with Crippen LogP contribution in [0.25, 0.3) is 11.3 Å². The Bertz CT molecular complexity index is 932. The number of carbonyl (C=O) groups is 1. The van der Waals surface area contributed by atoms with Gasteiger partial charge < -0.3 is 10.2 Å². The summed E-state index contributed by atoms with van der Waals surface area (Å²) in [5.74, 6) is 0.643. The highest BCUT2D eigenvalue weighted by Crippen LogP contribution is 2.34. The van der Waals surface area contributed by atoms with Crippen molar-refractivity contribution in [3.8, 4) is 11.3 Å². The summed E-state index contributed by atoms with van der Waals surface area (Å²) in [6.07, 6.45) is 3.85. The Morgan fingerprint density at radius 3 is 2.37 bits per heavy atom. The number of hydrogen-bond donors (Lipinski definition) is 1. The largest absolute Gasteiger partial charge is 0.355 e. The Morgan fingerprint density at radius 1 is 0.963 bits per heavy atom. The standard InChI is InChI=1S/C22H22N4O/c1-16-9-11-18(12-10-16)22(27)25-20-19(17-7-3-2-4-8-17)23-15-24-21(20)26-13-5-6-14-26/h2-4,7-12,15H,5-6,13-14H2,1H3,(H,25,27). The highest BCUT2D eigenvalue weighted by atomic mass is 16.1. The predicted octanol–water partition coefficient (Wildman–Crippen LogP) is 4.30. The number of nitrogens with one attached hydrogen (secondary N) is 1. The lowest BCUT2D eigenvalue weighted by molar-refractivity contribution is 0.102. The number of hydrogen-bond acceptors (Lipinski definition) is 4. The van der Waals surface area contributed by atoms with Gasteiger partial charge in [-0.2, -0.15) is 0 Å². The van der Waals surface area contributed by atoms with E-state index in [9.17, 15) is 4.79 Å². The third-order valence-corrected chi connectivity index (χ3v) is 4.83. The minimum Gasteiger partial charge on any atom is -0.355 e. The number of amides is 1. The number of rotatable bonds is 4. The van der Waals surface area contributed by atoms with E-state index in [0.717, 1.165) is 48.6 Å². The van der Waals surface area contributed by atoms with Gasteiger partial charge in [0.05, 0.1) is 5.69 Å². The molecule has 3 aromatic rings. The third-order valence-electron chi connectivity index (χ3n) is 4.83. The van der Waals surface area contributed by atoms with E-state index < -0.39 is 0 Å². The molecule has 136 valence electrons. The molecule has 1 saturated heterocycles. The molecular weight excluding hydrogens is 336 g/mol. The minimum absolute atomic E-state index is 0.151. The molecule has 2 heterocycles. The summed E-state index contributed by atoms with van der Waals surface area (Å²) in [6.45, 7) is 3.89. The lowest BCUT2D eigenvalue weighted by Gasteiger charge is -2.22. The zero-order chi connectivity index (χ0) is 18.6. The van der Waals surface area contributed by atoms with E-state index in [0.29, 0.717) is 11.3 Å². The van der Waals surface area contributed by atoms with Crippen LogP contribution in [-0.4, -0.2) is 29.0 Å². The summed E-state index contributed by atoms with van der Waals surface area (Å²) in [6, 6.07) is 17.5. The van der Waals surface area contributed by atoms with Crippen LogP contribution in [-0.2, 0) is 0 Å². The molecule has 1 aromatic heterocycles. The highest BCUT2D eigenvalue weighted by molar-refractivity contribution is 6.07. The summed E-state index contributed by atoms with van der Waals surface area (Å²) < 4.78 is 0. The van der Waals surface area contributed by atoms with E-state index in [2.05, 4.69) is 20.2 Å². The van der Waals surface area contributed by atoms with Crippen LogP contribution >= 0.6 is 0 Å². The van der Waals surface area contributed by atoms with Crippen molar-refractivity contribution in [1.29, 1.82) is 0 Å². The number of benzene rings is 2. The average molecular weight is 358 g/mol. The van der Waals surface area contributed by atoms with Gasteiger partial charge in [-0.3, -0.25) is 4.79 Å². The Labute approximate surface area is 159 Å². The van der Waals surface area contributed by atoms with Crippen LogP contribution in [0.5, 0.6) is 0 Å². The Morgan fingerprint density at radius 2 is 1.67 bits per heavy atom. The third kappa shape index (κ3) is 3.67. The van der Waals surface area contributed by atoms with Crippen molar-refractivity contribution in [2.75, 3.05) is 23.3 Å². The van der Waals surface area contributed by atoms with E-state index >= 15 is 0 Å². The average Bonchev–Trinajstić information content (AvgIpc) is 3.24. The molecule has 5 nitrogen and oxygen atoms in total. The fourth-order valence-electron chi connectivity index (χ4n) is 3.37. The maximum absolute atomic E-state index is 12.9. The molecule has 0 radical (unpaired) electrons. The summed E-state index contributed by atoms with van der Waals surface area (Å²) >= 11 is 0. The Hall–Kier alpha value is -3.21. The van der Waals surface area contributed by atoms with Gasteiger partial charge in [0.25, 0.3) is 5.91 Å². The second kappa shape index (κ2) is 7.58. The van der Waals surface area contributed by atoms with Gasteiger partial charge in [-0.1, -0.05) is 48.0 Å². The summed E-state index contributed by atoms with van der Waals surface area (Å²) in [5.41, 5.74) is 4.12. The molecule has 1 aliphatic heterocycles. The van der Waals surface area contributed by atoms with Gasteiger partial charge in [0, 0.05) is 24.2 Å². The molecular formula is C22H22N4O. The molecule has 1 amide bonds. The van der Waals surface area contributed by atoms with Crippen molar-refractivity contribution in [1.82, 2.24) is 9.97 Å². The normalized spacial score (nSPS) is 13.6. The molecule has 1 N–H and O–H groups in total. The van der Waals surface area contributed by atoms with Gasteiger partial charge in [0.2, 0.25) is 0 Å². The van der Waals surface area contributed by atoms with E-state index in [1.807, 2.05) is 61.5 Å². The first kappa shape index (κ1) is 17.2. The van der Waals surface area contributed by atoms with Gasteiger partial charge in [-0.05, 0) is 31.9 Å². The van der Waals surface area contributed by atoms with Crippen molar-refractivity contribution in [3.63, 3.8) is 0 Å². The van der Waals surface area contributed by atoms with Crippen LogP contribution < -0.4 is 10.2 Å². The van der Waals surface area contributed by atoms with Crippen LogP contribution in [0.3, 0.4) is 0 Å². The van der Waals surface area contributed by atoms with Gasteiger partial charge in [0.15, 0.2) is 5.82 Å². The molecule has 0 unspecified atom stereocenters. The van der Waals surface area contributed by atoms with Crippen molar-refractivity contribution in [2.45, 2.75) is 19.8 Å². The summed E-state index contributed by atoms with van der Waals surface area (Å²) in [5, 5.41) is 3.08. The lowest BCUT2D eigenvalue weighted by Crippen LogP contribution is -2.23. The molecule has 0 spiro atoms. The van der Waals surface area contributed by atoms with Crippen LogP contribution in [0.1, 0.15) is 28.8 Å². The number of anilines is 2. The van der Waals surface area contributed by atoms with Gasteiger partial charge in [-0.25, -0.2) is 9.97 Å². The van der Waals surface area contributed by atoms with E-state index in [-0.39, 0.29) is 5.91 Å². The monoisotopic (exact) mass is 358 g/mol. The summed E-state index contributed by atoms with van der Waals surface area (Å²) in [7, 11) is 0. The second-order valence-electron chi connectivity index (χ2n) is 6.80. The van der Waals surface area contributed by atoms with E-state index in [1.165, 1.54) is 0 Å². The number of carbonyl (C=O) groups excluding carboxylic acids is 1. The second-order valence-corrected chi connectivity index (χ2v) is 6.80. The van der Waals surface area contributed by atoms with Crippen LogP contribution in [0.15, 0.2) is 60.9 Å². The fraction of sp³-hybridized carbons (Fsp3) is 0.227. The molecule has 0 saturated carbocycles. The van der Waals surface area contributed by atoms with Crippen molar-refractivity contribution >= 4 is 17.4 Å². The molecule has 0 bridgehead atoms. The molecule has 27 heavy (non-hydrogen) atoms. The number of nitrogens with zero attached hydrogens (tertiary/aromatic N) is 3. The first-order valence-corrected chi connectivity index (χ1v) is 9.26. The highest BCUT2D eigenvalue weighted by Gasteiger charge is 2.22. The zero-order valence-corrected chi connectivity index (χ0v) is 15.4. The van der Waals surface area contributed by atoms with Crippen LogP contribution in [0.4, 0.5) is 11.5 Å². The number of aryl methyl sites for hydroxylation is 1. The Kier molecular flexibility index (Phi) is 4.83. The smallest absolute Gasteiger partial charge is 0.255 e. The molecule has 2 aromatic carbocycles. The van der Waals surface area contributed by atoms with Gasteiger partial charge >= 0.3 is 0 Å². The van der Waals surface area contributed by atoms with Crippen LogP contribution in [0, 0.1) is 6.92 Å². The SMILES string of the molecule is Cc1ccc(C(=O)Nc2c(-c3ccccc3)ncnc2N2CCCC2)cc1. The van der Waals surface area contributed by atoms with Crippen LogP contribution in [0.2, 0.25) is 0 Å².